The van der Waals surface area contributed by atoms with Crippen LogP contribution < -0.4 is 9.92 Å². The van der Waals surface area contributed by atoms with Crippen LogP contribution in [0.25, 0.3) is 0 Å². The zero-order valence-corrected chi connectivity index (χ0v) is 10.5. The smallest absolute Gasteiger partial charge is 0.306 e. The molecule has 0 unspecified atom stereocenters. The van der Waals surface area contributed by atoms with E-state index in [4.69, 9.17) is 5.73 Å². The Morgan fingerprint density at radius 2 is 1.88 bits per heavy atom. The second-order valence-electron chi connectivity index (χ2n) is 3.85. The Morgan fingerprint density at radius 3 is 2.29 bits per heavy atom. The zero-order chi connectivity index (χ0) is 13.1. The van der Waals surface area contributed by atoms with Gasteiger partial charge in [-0.2, -0.15) is 8.42 Å². The van der Waals surface area contributed by atoms with Crippen molar-refractivity contribution in [3.8, 4) is 5.75 Å². The van der Waals surface area contributed by atoms with E-state index < -0.39 is 16.2 Å². The van der Waals surface area contributed by atoms with Gasteiger partial charge in [0.1, 0.15) is 11.5 Å². The molecular formula is C11H15NO4S. The second-order valence-corrected chi connectivity index (χ2v) is 5.43. The van der Waals surface area contributed by atoms with Crippen LogP contribution in [0.4, 0.5) is 0 Å². The molecule has 0 aromatic heterocycles. The van der Waals surface area contributed by atoms with Gasteiger partial charge >= 0.3 is 10.1 Å². The molecule has 0 saturated carbocycles. The quantitative estimate of drug-likeness (QED) is 0.775. The maximum Gasteiger partial charge on any atom is 0.306 e. The van der Waals surface area contributed by atoms with Crippen molar-refractivity contribution in [1.29, 1.82) is 0 Å². The first kappa shape index (κ1) is 13.7. The molecule has 0 saturated heterocycles. The molecule has 0 bridgehead atoms. The summed E-state index contributed by atoms with van der Waals surface area (Å²) in [6, 6.07) is 5.90. The number of nitrogens with two attached hydrogens (primary N) is 1. The fourth-order valence-electron chi connectivity index (χ4n) is 1.25. The SMILES string of the molecule is CC(=O)[C@@H](N)Cc1ccc(OS(C)(=O)=O)cc1. The van der Waals surface area contributed by atoms with Crippen molar-refractivity contribution in [2.24, 2.45) is 5.73 Å². The van der Waals surface area contributed by atoms with Gasteiger partial charge in [-0.1, -0.05) is 12.1 Å². The van der Waals surface area contributed by atoms with Crippen molar-refractivity contribution in [2.45, 2.75) is 19.4 Å². The van der Waals surface area contributed by atoms with E-state index in [2.05, 4.69) is 4.18 Å². The van der Waals surface area contributed by atoms with Crippen LogP contribution in [-0.4, -0.2) is 26.5 Å². The predicted octanol–water partition coefficient (Wildman–Crippen LogP) is 0.484. The number of benzene rings is 1. The van der Waals surface area contributed by atoms with E-state index in [0.29, 0.717) is 6.42 Å². The molecule has 6 heteroatoms. The number of carbonyl (C=O) groups excluding carboxylic acids is 1. The van der Waals surface area contributed by atoms with E-state index in [-0.39, 0.29) is 11.5 Å². The van der Waals surface area contributed by atoms with Gasteiger partial charge in [-0.25, -0.2) is 0 Å². The number of ketones is 1. The van der Waals surface area contributed by atoms with Crippen molar-refractivity contribution >= 4 is 15.9 Å². The van der Waals surface area contributed by atoms with E-state index in [1.807, 2.05) is 0 Å². The largest absolute Gasteiger partial charge is 0.383 e. The third kappa shape index (κ3) is 4.97. The first-order valence-electron chi connectivity index (χ1n) is 5.02. The average Bonchev–Trinajstić information content (AvgIpc) is 2.18. The molecule has 0 heterocycles. The van der Waals surface area contributed by atoms with Gasteiger partial charge < -0.3 is 9.92 Å². The fourth-order valence-corrected chi connectivity index (χ4v) is 1.71. The van der Waals surface area contributed by atoms with Crippen LogP contribution in [0.2, 0.25) is 0 Å². The van der Waals surface area contributed by atoms with E-state index in [1.54, 1.807) is 12.1 Å². The van der Waals surface area contributed by atoms with Crippen LogP contribution in [0.5, 0.6) is 5.75 Å². The summed E-state index contributed by atoms with van der Waals surface area (Å²) >= 11 is 0. The van der Waals surface area contributed by atoms with Crippen LogP contribution in [0.3, 0.4) is 0 Å². The molecule has 94 valence electrons. The van der Waals surface area contributed by atoms with Gasteiger partial charge in [0, 0.05) is 0 Å². The van der Waals surface area contributed by atoms with Crippen LogP contribution in [0, 0.1) is 0 Å². The number of hydrogen-bond donors (Lipinski definition) is 1. The summed E-state index contributed by atoms with van der Waals surface area (Å²) in [7, 11) is -3.51. The molecule has 0 aliphatic heterocycles. The Morgan fingerprint density at radius 1 is 1.35 bits per heavy atom. The highest BCUT2D eigenvalue weighted by atomic mass is 32.2. The Hall–Kier alpha value is -1.40. The van der Waals surface area contributed by atoms with E-state index >= 15 is 0 Å². The van der Waals surface area contributed by atoms with Crippen LogP contribution in [0.15, 0.2) is 24.3 Å². The van der Waals surface area contributed by atoms with Gasteiger partial charge in [-0.05, 0) is 31.0 Å². The molecule has 1 aromatic rings. The summed E-state index contributed by atoms with van der Waals surface area (Å²) in [6.45, 7) is 1.44. The van der Waals surface area contributed by atoms with Crippen molar-refractivity contribution < 1.29 is 17.4 Å². The lowest BCUT2D eigenvalue weighted by Gasteiger charge is -2.08. The van der Waals surface area contributed by atoms with Crippen molar-refractivity contribution in [1.82, 2.24) is 0 Å². The lowest BCUT2D eigenvalue weighted by Crippen LogP contribution is -2.30. The van der Waals surface area contributed by atoms with Gasteiger partial charge in [0.2, 0.25) is 0 Å². The summed E-state index contributed by atoms with van der Waals surface area (Å²) in [5.74, 6) is 0.161. The average molecular weight is 257 g/mol. The fraction of sp³-hybridized carbons (Fsp3) is 0.364. The number of hydrogen-bond acceptors (Lipinski definition) is 5. The summed E-state index contributed by atoms with van der Waals surface area (Å²) in [4.78, 5) is 11.0. The van der Waals surface area contributed by atoms with Gasteiger partial charge in [0.25, 0.3) is 0 Å². The Kier molecular flexibility index (Phi) is 4.25. The third-order valence-electron chi connectivity index (χ3n) is 2.15. The van der Waals surface area contributed by atoms with Crippen LogP contribution in [0.1, 0.15) is 12.5 Å². The zero-order valence-electron chi connectivity index (χ0n) is 9.71. The lowest BCUT2D eigenvalue weighted by molar-refractivity contribution is -0.118. The van der Waals surface area contributed by atoms with Crippen LogP contribution in [-0.2, 0) is 21.3 Å². The molecule has 1 rings (SSSR count). The predicted molar refractivity (Wildman–Crippen MR) is 64.3 cm³/mol. The maximum absolute atomic E-state index is 11.0. The van der Waals surface area contributed by atoms with E-state index in [0.717, 1.165) is 11.8 Å². The van der Waals surface area contributed by atoms with Crippen molar-refractivity contribution in [3.05, 3.63) is 29.8 Å². The standard InChI is InChI=1S/C11H15NO4S/c1-8(13)11(12)7-9-3-5-10(6-4-9)16-17(2,14)15/h3-6,11H,7,12H2,1-2H3/t11-/m0/s1. The Bertz CT molecular complexity index is 493. The maximum atomic E-state index is 11.0. The normalized spacial score (nSPS) is 13.1. The molecule has 0 aliphatic carbocycles. The molecule has 0 radical (unpaired) electrons. The Labute approximate surface area is 101 Å². The molecule has 0 spiro atoms. The number of rotatable bonds is 5. The summed E-state index contributed by atoms with van der Waals surface area (Å²) < 4.78 is 26.4. The summed E-state index contributed by atoms with van der Waals surface area (Å²) in [5.41, 5.74) is 6.47. The van der Waals surface area contributed by atoms with Gasteiger partial charge in [0.05, 0.1) is 12.3 Å². The van der Waals surface area contributed by atoms with E-state index in [9.17, 15) is 13.2 Å². The molecular weight excluding hydrogens is 242 g/mol. The molecule has 1 aromatic carbocycles. The molecule has 1 atom stereocenters. The van der Waals surface area contributed by atoms with Crippen LogP contribution >= 0.6 is 0 Å². The third-order valence-corrected chi connectivity index (χ3v) is 2.64. The van der Waals surface area contributed by atoms with E-state index in [1.165, 1.54) is 19.1 Å². The first-order chi connectivity index (χ1) is 7.78. The lowest BCUT2D eigenvalue weighted by atomic mass is 10.0. The van der Waals surface area contributed by atoms with Gasteiger partial charge in [-0.3, -0.25) is 4.79 Å². The monoisotopic (exact) mass is 257 g/mol. The highest BCUT2D eigenvalue weighted by Crippen LogP contribution is 2.14. The number of Topliss-reactive ketones (excluding diaryl/α,β-unsaturated/α-hetero) is 1. The molecule has 0 fully saturated rings. The molecule has 0 aliphatic rings. The first-order valence-corrected chi connectivity index (χ1v) is 6.84. The summed E-state index contributed by atoms with van der Waals surface area (Å²) in [6.07, 6.45) is 1.40. The minimum atomic E-state index is -3.51. The van der Waals surface area contributed by atoms with Gasteiger partial charge in [-0.15, -0.1) is 0 Å². The highest BCUT2D eigenvalue weighted by Gasteiger charge is 2.09. The second kappa shape index (κ2) is 5.29. The molecule has 2 N–H and O–H groups in total. The molecule has 0 amide bonds. The van der Waals surface area contributed by atoms with Crippen molar-refractivity contribution in [3.63, 3.8) is 0 Å². The minimum Gasteiger partial charge on any atom is -0.383 e. The molecule has 17 heavy (non-hydrogen) atoms. The Balaban J connectivity index is 2.72. The highest BCUT2D eigenvalue weighted by molar-refractivity contribution is 7.86. The van der Waals surface area contributed by atoms with Gasteiger partial charge in [0.15, 0.2) is 0 Å². The summed E-state index contributed by atoms with van der Waals surface area (Å²) in [5, 5.41) is 0. The topological polar surface area (TPSA) is 86.5 Å². The minimum absolute atomic E-state index is 0.0820. The number of carbonyl (C=O) groups is 1. The van der Waals surface area contributed by atoms with Crippen molar-refractivity contribution in [2.75, 3.05) is 6.26 Å². The molecule has 5 nitrogen and oxygen atoms in total.